The highest BCUT2D eigenvalue weighted by atomic mass is 32.1. The summed E-state index contributed by atoms with van der Waals surface area (Å²) in [4.78, 5) is 18.0. The second-order valence-corrected chi connectivity index (χ2v) is 7.08. The minimum atomic E-state index is 0.208. The molecule has 0 saturated carbocycles. The van der Waals surface area contributed by atoms with Gasteiger partial charge in [-0.2, -0.15) is 0 Å². The number of piperazine rings is 1. The van der Waals surface area contributed by atoms with Crippen molar-refractivity contribution in [1.82, 2.24) is 4.90 Å². The fourth-order valence-corrected chi connectivity index (χ4v) is 3.90. The number of carbonyl (C=O) groups excluding carboxylic acids is 1. The number of hydrogen-bond donors (Lipinski definition) is 1. The first-order valence-corrected chi connectivity index (χ1v) is 8.35. The Morgan fingerprint density at radius 1 is 1.45 bits per heavy atom. The van der Waals surface area contributed by atoms with Crippen molar-refractivity contribution in [2.75, 3.05) is 39.3 Å². The van der Waals surface area contributed by atoms with Crippen molar-refractivity contribution in [2.24, 2.45) is 0 Å². The Morgan fingerprint density at radius 3 is 2.85 bits per heavy atom. The Bertz CT molecular complexity index is 460. The normalized spacial score (nSPS) is 24.2. The van der Waals surface area contributed by atoms with Crippen LogP contribution in [0.25, 0.3) is 0 Å². The lowest BCUT2D eigenvalue weighted by Crippen LogP contribution is -3.15. The zero-order valence-corrected chi connectivity index (χ0v) is 12.9. The van der Waals surface area contributed by atoms with E-state index < -0.39 is 0 Å². The molecule has 1 aromatic heterocycles. The van der Waals surface area contributed by atoms with Crippen LogP contribution >= 0.6 is 11.3 Å². The molecule has 5 heteroatoms. The summed E-state index contributed by atoms with van der Waals surface area (Å²) in [5.74, 6) is 0.208. The van der Waals surface area contributed by atoms with Crippen LogP contribution in [0.2, 0.25) is 0 Å². The lowest BCUT2D eigenvalue weighted by atomic mass is 10.2. The van der Waals surface area contributed by atoms with Gasteiger partial charge in [0, 0.05) is 11.5 Å². The van der Waals surface area contributed by atoms with E-state index in [1.165, 1.54) is 17.7 Å². The molecule has 0 unspecified atom stereocenters. The van der Waals surface area contributed by atoms with E-state index in [1.54, 1.807) is 16.2 Å². The van der Waals surface area contributed by atoms with Gasteiger partial charge >= 0.3 is 0 Å². The van der Waals surface area contributed by atoms with Gasteiger partial charge in [0.25, 0.3) is 5.91 Å². The molecule has 1 atom stereocenters. The number of ether oxygens (including phenoxy) is 1. The van der Waals surface area contributed by atoms with E-state index in [2.05, 4.69) is 0 Å². The van der Waals surface area contributed by atoms with Crippen molar-refractivity contribution in [1.29, 1.82) is 0 Å². The molecule has 3 rings (SSSR count). The SMILES string of the molecule is Cc1ccc(C(=O)N2CC[NH+](C[C@H]3CCCO3)CC2)s1. The maximum Gasteiger partial charge on any atom is 0.264 e. The fourth-order valence-electron chi connectivity index (χ4n) is 3.06. The van der Waals surface area contributed by atoms with Crippen molar-refractivity contribution < 1.29 is 14.4 Å². The van der Waals surface area contributed by atoms with Gasteiger partial charge in [0.05, 0.1) is 31.1 Å². The molecule has 0 spiro atoms. The first-order valence-electron chi connectivity index (χ1n) is 7.53. The number of nitrogens with one attached hydrogen (secondary N) is 1. The van der Waals surface area contributed by atoms with Gasteiger partial charge in [-0.25, -0.2) is 0 Å². The second-order valence-electron chi connectivity index (χ2n) is 5.79. The largest absolute Gasteiger partial charge is 0.372 e. The molecule has 4 nitrogen and oxygen atoms in total. The molecule has 0 bridgehead atoms. The van der Waals surface area contributed by atoms with Gasteiger partial charge in [0.15, 0.2) is 0 Å². The van der Waals surface area contributed by atoms with Crippen molar-refractivity contribution in [3.8, 4) is 0 Å². The average molecular weight is 295 g/mol. The van der Waals surface area contributed by atoms with Crippen molar-refractivity contribution in [3.05, 3.63) is 21.9 Å². The lowest BCUT2D eigenvalue weighted by molar-refractivity contribution is -0.906. The number of aryl methyl sites for hydroxylation is 1. The molecule has 0 radical (unpaired) electrons. The van der Waals surface area contributed by atoms with Crippen molar-refractivity contribution in [3.63, 3.8) is 0 Å². The highest BCUT2D eigenvalue weighted by Crippen LogP contribution is 2.17. The van der Waals surface area contributed by atoms with Gasteiger partial charge in [-0.05, 0) is 31.9 Å². The van der Waals surface area contributed by atoms with E-state index in [9.17, 15) is 4.79 Å². The molecule has 110 valence electrons. The van der Waals surface area contributed by atoms with Crippen LogP contribution in [-0.4, -0.2) is 56.2 Å². The minimum absolute atomic E-state index is 0.208. The number of carbonyl (C=O) groups is 1. The summed E-state index contributed by atoms with van der Waals surface area (Å²) in [5, 5.41) is 0. The van der Waals surface area contributed by atoms with Crippen LogP contribution in [0, 0.1) is 6.92 Å². The van der Waals surface area contributed by atoms with Gasteiger partial charge < -0.3 is 14.5 Å². The third kappa shape index (κ3) is 3.22. The number of quaternary nitrogens is 1. The van der Waals surface area contributed by atoms with Crippen LogP contribution in [0.1, 0.15) is 27.4 Å². The molecule has 2 aliphatic heterocycles. The van der Waals surface area contributed by atoms with E-state index in [1.807, 2.05) is 24.0 Å². The third-order valence-corrected chi connectivity index (χ3v) is 5.24. The predicted octanol–water partition coefficient (Wildman–Crippen LogP) is 0.576. The van der Waals surface area contributed by atoms with Gasteiger partial charge in [-0.1, -0.05) is 0 Å². The van der Waals surface area contributed by atoms with Crippen molar-refractivity contribution in [2.45, 2.75) is 25.9 Å². The maximum atomic E-state index is 12.4. The molecule has 1 amide bonds. The van der Waals surface area contributed by atoms with Gasteiger partial charge in [-0.15, -0.1) is 11.3 Å². The summed E-state index contributed by atoms with van der Waals surface area (Å²) >= 11 is 1.60. The quantitative estimate of drug-likeness (QED) is 0.885. The number of rotatable bonds is 3. The molecule has 2 aliphatic rings. The summed E-state index contributed by atoms with van der Waals surface area (Å²) in [6.45, 7) is 7.94. The monoisotopic (exact) mass is 295 g/mol. The van der Waals surface area contributed by atoms with Crippen LogP contribution in [0.3, 0.4) is 0 Å². The van der Waals surface area contributed by atoms with Crippen LogP contribution in [0.4, 0.5) is 0 Å². The van der Waals surface area contributed by atoms with Crippen LogP contribution in [0.15, 0.2) is 12.1 Å². The van der Waals surface area contributed by atoms with Crippen LogP contribution in [-0.2, 0) is 4.74 Å². The molecule has 2 saturated heterocycles. The average Bonchev–Trinajstić information content (AvgIpc) is 3.10. The summed E-state index contributed by atoms with van der Waals surface area (Å²) < 4.78 is 5.70. The molecule has 2 fully saturated rings. The Hall–Kier alpha value is -0.910. The second kappa shape index (κ2) is 6.24. The van der Waals surface area contributed by atoms with Gasteiger partial charge in [0.2, 0.25) is 0 Å². The molecule has 0 aromatic carbocycles. The molecule has 1 aromatic rings. The van der Waals surface area contributed by atoms with Gasteiger partial charge in [0.1, 0.15) is 12.6 Å². The zero-order chi connectivity index (χ0) is 13.9. The molecule has 0 aliphatic carbocycles. The first kappa shape index (κ1) is 14.0. The van der Waals surface area contributed by atoms with Crippen molar-refractivity contribution >= 4 is 17.2 Å². The summed E-state index contributed by atoms with van der Waals surface area (Å²) in [5.41, 5.74) is 0. The Labute approximate surface area is 124 Å². The Balaban J connectivity index is 1.49. The standard InChI is InChI=1S/C15H22N2O2S/c1-12-4-5-14(20-12)15(18)17-8-6-16(7-9-17)11-13-3-2-10-19-13/h4-5,13H,2-3,6-11H2,1H3/p+1/t13-/m1/s1. The number of hydrogen-bond acceptors (Lipinski definition) is 3. The minimum Gasteiger partial charge on any atom is -0.372 e. The number of nitrogens with zero attached hydrogens (tertiary/aromatic N) is 1. The van der Waals surface area contributed by atoms with E-state index in [-0.39, 0.29) is 5.91 Å². The van der Waals surface area contributed by atoms with Crippen LogP contribution in [0.5, 0.6) is 0 Å². The lowest BCUT2D eigenvalue weighted by Gasteiger charge is -2.33. The first-order chi connectivity index (χ1) is 9.72. The number of thiophene rings is 1. The maximum absolute atomic E-state index is 12.4. The fraction of sp³-hybridized carbons (Fsp3) is 0.667. The summed E-state index contributed by atoms with van der Waals surface area (Å²) in [6, 6.07) is 3.98. The molecular formula is C15H23N2O2S+. The van der Waals surface area contributed by atoms with E-state index >= 15 is 0 Å². The smallest absolute Gasteiger partial charge is 0.264 e. The summed E-state index contributed by atoms with van der Waals surface area (Å²) in [6.07, 6.45) is 2.87. The van der Waals surface area contributed by atoms with E-state index in [0.29, 0.717) is 6.10 Å². The summed E-state index contributed by atoms with van der Waals surface area (Å²) in [7, 11) is 0. The van der Waals surface area contributed by atoms with Gasteiger partial charge in [-0.3, -0.25) is 4.79 Å². The van der Waals surface area contributed by atoms with E-state index in [4.69, 9.17) is 4.74 Å². The third-order valence-electron chi connectivity index (χ3n) is 4.25. The highest BCUT2D eigenvalue weighted by molar-refractivity contribution is 7.13. The zero-order valence-electron chi connectivity index (χ0n) is 12.1. The predicted molar refractivity (Wildman–Crippen MR) is 79.5 cm³/mol. The Morgan fingerprint density at radius 2 is 2.25 bits per heavy atom. The molecule has 1 N–H and O–H groups in total. The molecular weight excluding hydrogens is 272 g/mol. The molecule has 3 heterocycles. The topological polar surface area (TPSA) is 34.0 Å². The Kier molecular flexibility index (Phi) is 4.38. The molecule has 20 heavy (non-hydrogen) atoms. The van der Waals surface area contributed by atoms with Crippen LogP contribution < -0.4 is 4.90 Å². The highest BCUT2D eigenvalue weighted by Gasteiger charge is 2.28. The number of amides is 1. The van der Waals surface area contributed by atoms with E-state index in [0.717, 1.165) is 44.2 Å².